The fourth-order valence-electron chi connectivity index (χ4n) is 3.62. The molecule has 0 spiro atoms. The summed E-state index contributed by atoms with van der Waals surface area (Å²) in [6, 6.07) is 18.7. The van der Waals surface area contributed by atoms with Crippen LogP contribution in [-0.2, 0) is 11.3 Å². The van der Waals surface area contributed by atoms with E-state index in [2.05, 4.69) is 51.6 Å². The van der Waals surface area contributed by atoms with Gasteiger partial charge in [-0.15, -0.1) is 0 Å². The lowest BCUT2D eigenvalue weighted by Crippen LogP contribution is -3.28. The summed E-state index contributed by atoms with van der Waals surface area (Å²) in [5, 5.41) is 3.14. The Balaban J connectivity index is 1.43. The highest BCUT2D eigenvalue weighted by Crippen LogP contribution is 2.22. The molecule has 5 heteroatoms. The zero-order valence-electron chi connectivity index (χ0n) is 15.3. The van der Waals surface area contributed by atoms with Crippen molar-refractivity contribution in [3.63, 3.8) is 0 Å². The Bertz CT molecular complexity index is 714. The van der Waals surface area contributed by atoms with Crippen molar-refractivity contribution < 1.29 is 14.6 Å². The summed E-state index contributed by atoms with van der Waals surface area (Å²) in [4.78, 5) is 15.4. The fraction of sp³-hybridized carbons (Fsp3) is 0.381. The minimum atomic E-state index is 0.0162. The number of halogens is 1. The summed E-state index contributed by atoms with van der Waals surface area (Å²) in [7, 11) is 0. The van der Waals surface area contributed by atoms with E-state index >= 15 is 0 Å². The Morgan fingerprint density at radius 2 is 1.62 bits per heavy atom. The van der Waals surface area contributed by atoms with Crippen molar-refractivity contribution >= 4 is 21.8 Å². The summed E-state index contributed by atoms with van der Waals surface area (Å²) in [5.74, 6) is 0.134. The largest absolute Gasteiger partial charge is 0.345 e. The normalized spacial score (nSPS) is 21.2. The van der Waals surface area contributed by atoms with Crippen molar-refractivity contribution in [1.82, 2.24) is 5.32 Å². The molecule has 1 fully saturated rings. The molecular formula is C21H28BrN3O+2. The van der Waals surface area contributed by atoms with Gasteiger partial charge in [-0.3, -0.25) is 4.79 Å². The third-order valence-electron chi connectivity index (χ3n) is 5.12. The smallest absolute Gasteiger partial charge is 0.275 e. The zero-order valence-corrected chi connectivity index (χ0v) is 16.9. The molecule has 138 valence electrons. The molecule has 0 bridgehead atoms. The molecule has 1 saturated heterocycles. The number of benzene rings is 2. The summed E-state index contributed by atoms with van der Waals surface area (Å²) in [6.45, 7) is 8.04. The van der Waals surface area contributed by atoms with E-state index in [-0.39, 0.29) is 11.9 Å². The summed E-state index contributed by atoms with van der Waals surface area (Å²) >= 11 is 3.56. The van der Waals surface area contributed by atoms with E-state index in [0.29, 0.717) is 6.54 Å². The number of carbonyl (C=O) groups excluding carboxylic acids is 1. The van der Waals surface area contributed by atoms with E-state index in [4.69, 9.17) is 0 Å². The molecule has 1 aliphatic rings. The number of rotatable bonds is 6. The van der Waals surface area contributed by atoms with Crippen LogP contribution in [0.1, 0.15) is 24.1 Å². The molecule has 3 N–H and O–H groups in total. The van der Waals surface area contributed by atoms with Gasteiger partial charge in [-0.25, -0.2) is 0 Å². The van der Waals surface area contributed by atoms with Crippen molar-refractivity contribution in [2.75, 3.05) is 32.7 Å². The minimum Gasteiger partial charge on any atom is -0.345 e. The molecule has 4 nitrogen and oxygen atoms in total. The molecule has 0 aliphatic carbocycles. The molecule has 0 radical (unpaired) electrons. The molecular weight excluding hydrogens is 390 g/mol. The predicted octanol–water partition coefficient (Wildman–Crippen LogP) is 0.610. The van der Waals surface area contributed by atoms with Crippen LogP contribution in [0, 0.1) is 0 Å². The minimum absolute atomic E-state index is 0.0162. The zero-order chi connectivity index (χ0) is 18.4. The first-order chi connectivity index (χ1) is 12.6. The Kier molecular flexibility index (Phi) is 6.83. The highest BCUT2D eigenvalue weighted by Gasteiger charge is 2.25. The molecule has 0 unspecified atom stereocenters. The van der Waals surface area contributed by atoms with Gasteiger partial charge >= 0.3 is 0 Å². The third-order valence-corrected chi connectivity index (χ3v) is 5.84. The lowest BCUT2D eigenvalue weighted by Gasteiger charge is -2.29. The maximum absolute atomic E-state index is 12.4. The Labute approximate surface area is 164 Å². The van der Waals surface area contributed by atoms with Gasteiger partial charge in [-0.05, 0) is 18.6 Å². The number of nitrogens with one attached hydrogen (secondary N) is 3. The first-order valence-electron chi connectivity index (χ1n) is 9.36. The monoisotopic (exact) mass is 417 g/mol. The molecule has 1 atom stereocenters. The second-order valence-corrected chi connectivity index (χ2v) is 8.00. The third kappa shape index (κ3) is 5.40. The van der Waals surface area contributed by atoms with E-state index in [0.717, 1.165) is 42.8 Å². The number of carbonyl (C=O) groups is 1. The Hall–Kier alpha value is -1.69. The number of quaternary nitrogens is 2. The Morgan fingerprint density at radius 1 is 1.00 bits per heavy atom. The molecule has 2 aromatic carbocycles. The second kappa shape index (κ2) is 9.31. The van der Waals surface area contributed by atoms with Crippen LogP contribution in [0.25, 0.3) is 0 Å². The van der Waals surface area contributed by atoms with E-state index < -0.39 is 0 Å². The van der Waals surface area contributed by atoms with Crippen LogP contribution in [0.5, 0.6) is 0 Å². The van der Waals surface area contributed by atoms with E-state index in [1.165, 1.54) is 10.5 Å². The van der Waals surface area contributed by atoms with Crippen molar-refractivity contribution in [3.8, 4) is 0 Å². The second-order valence-electron chi connectivity index (χ2n) is 7.15. The molecule has 3 rings (SSSR count). The van der Waals surface area contributed by atoms with Crippen LogP contribution in [0.2, 0.25) is 0 Å². The highest BCUT2D eigenvalue weighted by molar-refractivity contribution is 9.10. The number of hydrogen-bond acceptors (Lipinski definition) is 1. The van der Waals surface area contributed by atoms with Crippen LogP contribution in [-0.4, -0.2) is 38.6 Å². The number of amides is 1. The molecule has 0 saturated carbocycles. The van der Waals surface area contributed by atoms with Gasteiger partial charge < -0.3 is 15.1 Å². The van der Waals surface area contributed by atoms with Gasteiger partial charge in [-0.1, -0.05) is 64.5 Å². The van der Waals surface area contributed by atoms with Crippen LogP contribution in [0.3, 0.4) is 0 Å². The van der Waals surface area contributed by atoms with Crippen molar-refractivity contribution in [2.45, 2.75) is 19.5 Å². The maximum atomic E-state index is 12.4. The first-order valence-corrected chi connectivity index (χ1v) is 10.2. The fourth-order valence-corrected chi connectivity index (χ4v) is 4.25. The molecule has 1 aliphatic heterocycles. The van der Waals surface area contributed by atoms with Crippen LogP contribution < -0.4 is 15.1 Å². The predicted molar refractivity (Wildman–Crippen MR) is 107 cm³/mol. The van der Waals surface area contributed by atoms with E-state index in [1.54, 1.807) is 4.90 Å². The summed E-state index contributed by atoms with van der Waals surface area (Å²) in [5.41, 5.74) is 2.51. The van der Waals surface area contributed by atoms with Gasteiger partial charge in [0.1, 0.15) is 32.7 Å². The first kappa shape index (κ1) is 19.1. The van der Waals surface area contributed by atoms with Crippen LogP contribution in [0.15, 0.2) is 59.1 Å². The van der Waals surface area contributed by atoms with Gasteiger partial charge in [0.15, 0.2) is 6.54 Å². The summed E-state index contributed by atoms with van der Waals surface area (Å²) < 4.78 is 1.04. The lowest BCUT2D eigenvalue weighted by molar-refractivity contribution is -1.02. The van der Waals surface area contributed by atoms with Crippen LogP contribution in [0.4, 0.5) is 0 Å². The Morgan fingerprint density at radius 3 is 2.31 bits per heavy atom. The average molecular weight is 418 g/mol. The van der Waals surface area contributed by atoms with Crippen molar-refractivity contribution in [3.05, 3.63) is 70.2 Å². The van der Waals surface area contributed by atoms with E-state index in [1.807, 2.05) is 31.2 Å². The average Bonchev–Trinajstić information content (AvgIpc) is 2.64. The molecule has 1 amide bonds. The highest BCUT2D eigenvalue weighted by atomic mass is 79.9. The topological polar surface area (TPSA) is 38.0 Å². The molecule has 2 aromatic rings. The molecule has 1 heterocycles. The SMILES string of the molecule is C[C@@H](NC(=O)C[NH+]1CC[NH+](Cc2ccccc2)CC1)c1ccccc1Br. The van der Waals surface area contributed by atoms with Gasteiger partial charge in [0.05, 0.1) is 6.04 Å². The van der Waals surface area contributed by atoms with Gasteiger partial charge in [-0.2, -0.15) is 0 Å². The van der Waals surface area contributed by atoms with Crippen molar-refractivity contribution in [1.29, 1.82) is 0 Å². The lowest BCUT2D eigenvalue weighted by atomic mass is 10.1. The van der Waals surface area contributed by atoms with Gasteiger partial charge in [0.25, 0.3) is 5.91 Å². The molecule has 0 aromatic heterocycles. The quantitative estimate of drug-likeness (QED) is 0.632. The number of piperazine rings is 1. The molecule has 26 heavy (non-hydrogen) atoms. The van der Waals surface area contributed by atoms with E-state index in [9.17, 15) is 4.79 Å². The summed E-state index contributed by atoms with van der Waals surface area (Å²) in [6.07, 6.45) is 0. The maximum Gasteiger partial charge on any atom is 0.275 e. The van der Waals surface area contributed by atoms with Crippen LogP contribution >= 0.6 is 15.9 Å². The van der Waals surface area contributed by atoms with Gasteiger partial charge in [0.2, 0.25) is 0 Å². The number of hydrogen-bond donors (Lipinski definition) is 3. The van der Waals surface area contributed by atoms with Crippen molar-refractivity contribution in [2.24, 2.45) is 0 Å². The standard InChI is InChI=1S/C21H26BrN3O/c1-17(19-9-5-6-10-20(19)22)23-21(26)16-25-13-11-24(12-14-25)15-18-7-3-2-4-8-18/h2-10,17H,11-16H2,1H3,(H,23,26)/p+2/t17-/m1/s1. The van der Waals surface area contributed by atoms with Gasteiger partial charge in [0, 0.05) is 10.0 Å².